The molecule has 1 aliphatic carbocycles. The third kappa shape index (κ3) is 5.26. The van der Waals surface area contributed by atoms with Gasteiger partial charge < -0.3 is 0 Å². The van der Waals surface area contributed by atoms with Crippen molar-refractivity contribution >= 4 is 0 Å². The minimum atomic E-state index is 0.812. The van der Waals surface area contributed by atoms with Gasteiger partial charge in [-0.15, -0.1) is 10.2 Å². The summed E-state index contributed by atoms with van der Waals surface area (Å²) in [5.41, 5.74) is 20.4. The van der Waals surface area contributed by atoms with Gasteiger partial charge in [-0.25, -0.2) is 0 Å². The molecule has 0 atom stereocenters. The molecule has 0 saturated carbocycles. The van der Waals surface area contributed by atoms with Gasteiger partial charge in [0.05, 0.1) is 0 Å². The first kappa shape index (κ1) is 30.6. The van der Waals surface area contributed by atoms with E-state index in [1.54, 1.807) is 0 Å². The predicted octanol–water partition coefficient (Wildman–Crippen LogP) is 12.1. The van der Waals surface area contributed by atoms with Crippen molar-refractivity contribution in [1.29, 1.82) is 0 Å². The van der Waals surface area contributed by atoms with E-state index in [4.69, 9.17) is 10.2 Å². The number of benzene rings is 7. The molecule has 1 aromatic heterocycles. The van der Waals surface area contributed by atoms with Crippen LogP contribution in [0.4, 0.5) is 0 Å². The Bertz CT molecular complexity index is 2570. The highest BCUT2D eigenvalue weighted by Gasteiger charge is 2.29. The molecule has 0 fully saturated rings. The van der Waals surface area contributed by atoms with E-state index in [0.717, 1.165) is 62.3 Å². The zero-order valence-electron chi connectivity index (χ0n) is 28.6. The second-order valence-corrected chi connectivity index (χ2v) is 13.3. The molecule has 0 bridgehead atoms. The SMILES string of the molecule is Cc1cc2c(c(-c3nnnc(-c4ccccc4-c4ccccc4-c4ccccc4)c3-c3ccccc3-c3ccccc3)c1C)Cc1ccccc1-2. The lowest BCUT2D eigenvalue weighted by Gasteiger charge is -2.21. The fourth-order valence-corrected chi connectivity index (χ4v) is 7.87. The molecule has 7 aromatic carbocycles. The lowest BCUT2D eigenvalue weighted by atomic mass is 9.83. The van der Waals surface area contributed by atoms with Gasteiger partial charge in [0.2, 0.25) is 0 Å². The van der Waals surface area contributed by atoms with Crippen LogP contribution in [0.15, 0.2) is 164 Å². The summed E-state index contributed by atoms with van der Waals surface area (Å²) < 4.78 is 0. The maximum atomic E-state index is 4.99. The highest BCUT2D eigenvalue weighted by molar-refractivity contribution is 6.02. The summed E-state index contributed by atoms with van der Waals surface area (Å²) in [5, 5.41) is 14.5. The third-order valence-electron chi connectivity index (χ3n) is 10.4. The van der Waals surface area contributed by atoms with Gasteiger partial charge in [0.15, 0.2) is 0 Å². The van der Waals surface area contributed by atoms with Crippen molar-refractivity contribution in [1.82, 2.24) is 15.4 Å². The maximum Gasteiger partial charge on any atom is 0.105 e. The van der Waals surface area contributed by atoms with E-state index in [9.17, 15) is 0 Å². The number of hydrogen-bond donors (Lipinski definition) is 0. The minimum Gasteiger partial charge on any atom is -0.129 e. The standard InChI is InChI=1S/C48H35N3/c1-31-29-43-38-24-10-9-21-35(38)30-44(43)45(32(31)2)48-46(41-27-15-12-23-37(41)34-19-7-4-8-20-34)47(49-51-50-48)42-28-16-14-26-40(42)39-25-13-11-22-36(39)33-17-5-3-6-18-33/h3-29H,30H2,1-2H3. The average molecular weight is 654 g/mol. The highest BCUT2D eigenvalue weighted by atomic mass is 15.3. The van der Waals surface area contributed by atoms with Crippen molar-refractivity contribution < 1.29 is 0 Å². The molecular weight excluding hydrogens is 619 g/mol. The Labute approximate surface area is 299 Å². The second kappa shape index (κ2) is 12.8. The zero-order valence-corrected chi connectivity index (χ0v) is 28.6. The largest absolute Gasteiger partial charge is 0.129 e. The number of aryl methyl sites for hydroxylation is 1. The molecule has 8 aromatic rings. The molecule has 0 radical (unpaired) electrons. The van der Waals surface area contributed by atoms with Crippen LogP contribution in [0, 0.1) is 13.8 Å². The molecule has 1 heterocycles. The summed E-state index contributed by atoms with van der Waals surface area (Å²) in [6, 6.07) is 58.2. The van der Waals surface area contributed by atoms with Crippen LogP contribution in [-0.4, -0.2) is 15.4 Å². The molecule has 0 spiro atoms. The molecular formula is C48H35N3. The van der Waals surface area contributed by atoms with Crippen molar-refractivity contribution in [2.24, 2.45) is 0 Å². The van der Waals surface area contributed by atoms with E-state index in [1.807, 2.05) is 0 Å². The van der Waals surface area contributed by atoms with Gasteiger partial charge in [-0.3, -0.25) is 0 Å². The quantitative estimate of drug-likeness (QED) is 0.179. The van der Waals surface area contributed by atoms with Gasteiger partial charge >= 0.3 is 0 Å². The monoisotopic (exact) mass is 653 g/mol. The number of hydrogen-bond acceptors (Lipinski definition) is 3. The lowest BCUT2D eigenvalue weighted by molar-refractivity contribution is 0.877. The highest BCUT2D eigenvalue weighted by Crippen LogP contribution is 2.49. The number of fused-ring (bicyclic) bond motifs is 3. The molecule has 242 valence electrons. The van der Waals surface area contributed by atoms with Gasteiger partial charge in [-0.1, -0.05) is 164 Å². The molecule has 0 amide bonds. The first-order valence-electron chi connectivity index (χ1n) is 17.5. The van der Waals surface area contributed by atoms with Crippen LogP contribution in [-0.2, 0) is 6.42 Å². The van der Waals surface area contributed by atoms with Crippen LogP contribution in [0.25, 0.3) is 78.1 Å². The third-order valence-corrected chi connectivity index (χ3v) is 10.4. The van der Waals surface area contributed by atoms with E-state index in [0.29, 0.717) is 0 Å². The number of rotatable bonds is 6. The topological polar surface area (TPSA) is 38.7 Å². The van der Waals surface area contributed by atoms with Crippen LogP contribution < -0.4 is 0 Å². The number of nitrogens with zero attached hydrogens (tertiary/aromatic N) is 3. The Balaban J connectivity index is 1.37. The van der Waals surface area contributed by atoms with Crippen molar-refractivity contribution in [2.75, 3.05) is 0 Å². The predicted molar refractivity (Wildman–Crippen MR) is 210 cm³/mol. The van der Waals surface area contributed by atoms with E-state index in [1.165, 1.54) is 44.5 Å². The molecule has 0 unspecified atom stereocenters. The van der Waals surface area contributed by atoms with Gasteiger partial charge in [0.25, 0.3) is 0 Å². The molecule has 9 rings (SSSR count). The van der Waals surface area contributed by atoms with Gasteiger partial charge in [-0.2, -0.15) is 0 Å². The molecule has 0 aliphatic heterocycles. The van der Waals surface area contributed by atoms with Crippen molar-refractivity contribution in [3.63, 3.8) is 0 Å². The molecule has 0 saturated heterocycles. The summed E-state index contributed by atoms with van der Waals surface area (Å²) in [4.78, 5) is 0. The van der Waals surface area contributed by atoms with Gasteiger partial charge in [-0.05, 0) is 97.8 Å². The zero-order chi connectivity index (χ0) is 34.3. The molecule has 1 aliphatic rings. The van der Waals surface area contributed by atoms with Gasteiger partial charge in [0.1, 0.15) is 11.4 Å². The Kier molecular flexibility index (Phi) is 7.67. The average Bonchev–Trinajstić information content (AvgIpc) is 3.56. The fraction of sp³-hybridized carbons (Fsp3) is 0.0625. The molecule has 3 nitrogen and oxygen atoms in total. The first-order chi connectivity index (χ1) is 25.2. The van der Waals surface area contributed by atoms with Crippen LogP contribution in [0.3, 0.4) is 0 Å². The number of aromatic nitrogens is 3. The first-order valence-corrected chi connectivity index (χ1v) is 17.5. The van der Waals surface area contributed by atoms with Crippen molar-refractivity contribution in [3.8, 4) is 78.1 Å². The van der Waals surface area contributed by atoms with E-state index >= 15 is 0 Å². The summed E-state index contributed by atoms with van der Waals surface area (Å²) in [6.07, 6.45) is 0.849. The van der Waals surface area contributed by atoms with Gasteiger partial charge in [0, 0.05) is 16.7 Å². The molecule has 3 heteroatoms. The molecule has 51 heavy (non-hydrogen) atoms. The minimum absolute atomic E-state index is 0.812. The fourth-order valence-electron chi connectivity index (χ4n) is 7.87. The van der Waals surface area contributed by atoms with E-state index < -0.39 is 0 Å². The Morgan fingerprint density at radius 2 is 0.863 bits per heavy atom. The van der Waals surface area contributed by atoms with Crippen LogP contribution in [0.2, 0.25) is 0 Å². The Hall–Kier alpha value is -6.45. The Morgan fingerprint density at radius 1 is 0.392 bits per heavy atom. The second-order valence-electron chi connectivity index (χ2n) is 13.3. The van der Waals surface area contributed by atoms with Crippen molar-refractivity contribution in [2.45, 2.75) is 20.3 Å². The summed E-state index contributed by atoms with van der Waals surface area (Å²) in [6.45, 7) is 4.44. The van der Waals surface area contributed by atoms with Crippen LogP contribution >= 0.6 is 0 Å². The van der Waals surface area contributed by atoms with Crippen molar-refractivity contribution in [3.05, 3.63) is 186 Å². The summed E-state index contributed by atoms with van der Waals surface area (Å²) in [5.74, 6) is 0. The summed E-state index contributed by atoms with van der Waals surface area (Å²) in [7, 11) is 0. The van der Waals surface area contributed by atoms with Crippen LogP contribution in [0.5, 0.6) is 0 Å². The molecule has 0 N–H and O–H groups in total. The normalized spacial score (nSPS) is 11.6. The summed E-state index contributed by atoms with van der Waals surface area (Å²) >= 11 is 0. The lowest BCUT2D eigenvalue weighted by Crippen LogP contribution is -2.05. The Morgan fingerprint density at radius 3 is 1.51 bits per heavy atom. The van der Waals surface area contributed by atoms with E-state index in [-0.39, 0.29) is 0 Å². The maximum absolute atomic E-state index is 4.99. The van der Waals surface area contributed by atoms with Crippen LogP contribution in [0.1, 0.15) is 22.3 Å². The van der Waals surface area contributed by atoms with E-state index in [2.05, 4.69) is 183 Å². The smallest absolute Gasteiger partial charge is 0.105 e.